The second-order valence-corrected chi connectivity index (χ2v) is 6.51. The van der Waals surface area contributed by atoms with Gasteiger partial charge in [-0.1, -0.05) is 6.92 Å². The number of piperidine rings is 1. The Morgan fingerprint density at radius 3 is 2.75 bits per heavy atom. The fraction of sp³-hybridized carbons (Fsp3) is 0.812. The second-order valence-electron chi connectivity index (χ2n) is 6.51. The summed E-state index contributed by atoms with van der Waals surface area (Å²) in [5.74, 6) is 0.998. The van der Waals surface area contributed by atoms with E-state index in [1.165, 1.54) is 50.9 Å². The molecule has 1 aliphatic heterocycles. The van der Waals surface area contributed by atoms with E-state index in [4.69, 9.17) is 0 Å². The van der Waals surface area contributed by atoms with Gasteiger partial charge in [-0.05, 0) is 57.7 Å². The standard InChI is InChI=1S/C16H28N4/c1-2-7-20-13-15(11-18-20)12-19-8-5-16(6-9-19)17-10-14-3-4-14/h11,13-14,16-17H,2-10,12H2,1H3. The summed E-state index contributed by atoms with van der Waals surface area (Å²) in [6.45, 7) is 8.00. The van der Waals surface area contributed by atoms with Gasteiger partial charge < -0.3 is 5.32 Å². The highest BCUT2D eigenvalue weighted by molar-refractivity contribution is 5.04. The molecule has 4 nitrogen and oxygen atoms in total. The number of rotatable bonds is 7. The molecule has 0 atom stereocenters. The summed E-state index contributed by atoms with van der Waals surface area (Å²) in [6.07, 6.45) is 10.9. The van der Waals surface area contributed by atoms with Crippen molar-refractivity contribution >= 4 is 0 Å². The zero-order valence-electron chi connectivity index (χ0n) is 12.7. The normalized spacial score (nSPS) is 21.4. The predicted molar refractivity (Wildman–Crippen MR) is 81.5 cm³/mol. The van der Waals surface area contributed by atoms with Gasteiger partial charge in [0.05, 0.1) is 6.20 Å². The molecule has 1 aliphatic carbocycles. The molecule has 1 aromatic rings. The Morgan fingerprint density at radius 2 is 2.05 bits per heavy atom. The minimum atomic E-state index is 0.759. The van der Waals surface area contributed by atoms with Gasteiger partial charge in [-0.2, -0.15) is 5.10 Å². The molecule has 1 saturated carbocycles. The monoisotopic (exact) mass is 276 g/mol. The van der Waals surface area contributed by atoms with Crippen LogP contribution < -0.4 is 5.32 Å². The van der Waals surface area contributed by atoms with Crippen LogP contribution >= 0.6 is 0 Å². The van der Waals surface area contributed by atoms with Gasteiger partial charge in [0, 0.05) is 30.9 Å². The third kappa shape index (κ3) is 4.06. The van der Waals surface area contributed by atoms with Crippen molar-refractivity contribution in [3.8, 4) is 0 Å². The van der Waals surface area contributed by atoms with E-state index in [2.05, 4.69) is 33.1 Å². The minimum Gasteiger partial charge on any atom is -0.314 e. The van der Waals surface area contributed by atoms with Crippen LogP contribution in [0.4, 0.5) is 0 Å². The van der Waals surface area contributed by atoms with Gasteiger partial charge in [0.15, 0.2) is 0 Å². The molecule has 1 saturated heterocycles. The lowest BCUT2D eigenvalue weighted by atomic mass is 10.0. The highest BCUT2D eigenvalue weighted by Gasteiger charge is 2.24. The molecule has 2 fully saturated rings. The third-order valence-corrected chi connectivity index (χ3v) is 4.53. The van der Waals surface area contributed by atoms with Gasteiger partial charge in [0.2, 0.25) is 0 Å². The van der Waals surface area contributed by atoms with E-state index >= 15 is 0 Å². The van der Waals surface area contributed by atoms with E-state index in [9.17, 15) is 0 Å². The Hall–Kier alpha value is -0.870. The van der Waals surface area contributed by atoms with Crippen LogP contribution in [-0.2, 0) is 13.1 Å². The second kappa shape index (κ2) is 6.72. The van der Waals surface area contributed by atoms with Gasteiger partial charge in [-0.15, -0.1) is 0 Å². The molecule has 20 heavy (non-hydrogen) atoms. The SMILES string of the molecule is CCCn1cc(CN2CCC(NCC3CC3)CC2)cn1. The van der Waals surface area contributed by atoms with Crippen LogP contribution in [0.2, 0.25) is 0 Å². The van der Waals surface area contributed by atoms with Crippen molar-refractivity contribution < 1.29 is 0 Å². The minimum absolute atomic E-state index is 0.759. The molecular weight excluding hydrogens is 248 g/mol. The lowest BCUT2D eigenvalue weighted by molar-refractivity contribution is 0.190. The fourth-order valence-electron chi connectivity index (χ4n) is 3.05. The van der Waals surface area contributed by atoms with E-state index in [0.29, 0.717) is 0 Å². The summed E-state index contributed by atoms with van der Waals surface area (Å²) < 4.78 is 2.07. The lowest BCUT2D eigenvalue weighted by Gasteiger charge is -2.32. The topological polar surface area (TPSA) is 33.1 Å². The molecule has 2 heterocycles. The molecule has 0 aromatic carbocycles. The highest BCUT2D eigenvalue weighted by atomic mass is 15.3. The van der Waals surface area contributed by atoms with Crippen LogP contribution in [0.1, 0.15) is 44.6 Å². The maximum absolute atomic E-state index is 4.42. The first-order chi connectivity index (χ1) is 9.83. The van der Waals surface area contributed by atoms with Gasteiger partial charge in [-0.25, -0.2) is 0 Å². The Bertz CT molecular complexity index is 402. The van der Waals surface area contributed by atoms with Crippen molar-refractivity contribution in [2.45, 2.75) is 58.2 Å². The van der Waals surface area contributed by atoms with Crippen LogP contribution in [-0.4, -0.2) is 40.4 Å². The van der Waals surface area contributed by atoms with E-state index in [1.54, 1.807) is 0 Å². The maximum atomic E-state index is 4.42. The first kappa shape index (κ1) is 14.1. The predicted octanol–water partition coefficient (Wildman–Crippen LogP) is 2.26. The van der Waals surface area contributed by atoms with Gasteiger partial charge in [0.25, 0.3) is 0 Å². The first-order valence-corrected chi connectivity index (χ1v) is 8.30. The van der Waals surface area contributed by atoms with E-state index in [1.807, 2.05) is 6.20 Å². The van der Waals surface area contributed by atoms with Gasteiger partial charge in [-0.3, -0.25) is 9.58 Å². The van der Waals surface area contributed by atoms with Crippen molar-refractivity contribution in [2.24, 2.45) is 5.92 Å². The summed E-state index contributed by atoms with van der Waals surface area (Å²) in [4.78, 5) is 2.57. The van der Waals surface area contributed by atoms with Crippen LogP contribution in [0.25, 0.3) is 0 Å². The number of nitrogens with zero attached hydrogens (tertiary/aromatic N) is 3. The zero-order chi connectivity index (χ0) is 13.8. The van der Waals surface area contributed by atoms with E-state index < -0.39 is 0 Å². The molecule has 1 N–H and O–H groups in total. The number of aromatic nitrogens is 2. The number of nitrogens with one attached hydrogen (secondary N) is 1. The molecule has 0 bridgehead atoms. The molecule has 0 radical (unpaired) electrons. The quantitative estimate of drug-likeness (QED) is 0.829. The number of hydrogen-bond donors (Lipinski definition) is 1. The Morgan fingerprint density at radius 1 is 1.25 bits per heavy atom. The fourth-order valence-corrected chi connectivity index (χ4v) is 3.05. The number of likely N-dealkylation sites (tertiary alicyclic amines) is 1. The van der Waals surface area contributed by atoms with Crippen molar-refractivity contribution in [3.05, 3.63) is 18.0 Å². The molecule has 0 amide bonds. The highest BCUT2D eigenvalue weighted by Crippen LogP contribution is 2.28. The largest absolute Gasteiger partial charge is 0.314 e. The molecule has 112 valence electrons. The first-order valence-electron chi connectivity index (χ1n) is 8.30. The Labute approximate surface area is 122 Å². The lowest BCUT2D eigenvalue weighted by Crippen LogP contribution is -2.42. The smallest absolute Gasteiger partial charge is 0.0534 e. The van der Waals surface area contributed by atoms with Crippen molar-refractivity contribution in [2.75, 3.05) is 19.6 Å². The molecule has 3 rings (SSSR count). The van der Waals surface area contributed by atoms with Crippen LogP contribution in [0, 0.1) is 5.92 Å². The van der Waals surface area contributed by atoms with Crippen LogP contribution in [0.5, 0.6) is 0 Å². The molecular formula is C16H28N4. The zero-order valence-corrected chi connectivity index (χ0v) is 12.7. The summed E-state index contributed by atoms with van der Waals surface area (Å²) in [6, 6.07) is 0.759. The molecule has 0 spiro atoms. The van der Waals surface area contributed by atoms with Crippen LogP contribution in [0.3, 0.4) is 0 Å². The number of hydrogen-bond acceptors (Lipinski definition) is 3. The van der Waals surface area contributed by atoms with E-state index in [0.717, 1.165) is 31.5 Å². The average molecular weight is 276 g/mol. The Kier molecular flexibility index (Phi) is 4.73. The molecule has 4 heteroatoms. The maximum Gasteiger partial charge on any atom is 0.0534 e. The van der Waals surface area contributed by atoms with Crippen molar-refractivity contribution in [1.82, 2.24) is 20.0 Å². The molecule has 0 unspecified atom stereocenters. The van der Waals surface area contributed by atoms with Crippen molar-refractivity contribution in [3.63, 3.8) is 0 Å². The molecule has 2 aliphatic rings. The van der Waals surface area contributed by atoms with E-state index in [-0.39, 0.29) is 0 Å². The van der Waals surface area contributed by atoms with Crippen molar-refractivity contribution in [1.29, 1.82) is 0 Å². The average Bonchev–Trinajstić information content (AvgIpc) is 3.19. The van der Waals surface area contributed by atoms with Gasteiger partial charge in [0.1, 0.15) is 0 Å². The number of aryl methyl sites for hydroxylation is 1. The summed E-state index contributed by atoms with van der Waals surface area (Å²) in [5, 5.41) is 8.17. The summed E-state index contributed by atoms with van der Waals surface area (Å²) in [5.41, 5.74) is 1.36. The van der Waals surface area contributed by atoms with Gasteiger partial charge >= 0.3 is 0 Å². The summed E-state index contributed by atoms with van der Waals surface area (Å²) >= 11 is 0. The molecule has 1 aromatic heterocycles. The Balaban J connectivity index is 1.38. The third-order valence-electron chi connectivity index (χ3n) is 4.53. The van der Waals surface area contributed by atoms with Crippen LogP contribution in [0.15, 0.2) is 12.4 Å². The summed E-state index contributed by atoms with van der Waals surface area (Å²) in [7, 11) is 0.